The van der Waals surface area contributed by atoms with Crippen LogP contribution in [0.2, 0.25) is 0 Å². The van der Waals surface area contributed by atoms with Gasteiger partial charge in [-0.2, -0.15) is 0 Å². The topological polar surface area (TPSA) is 50.9 Å². The van der Waals surface area contributed by atoms with Gasteiger partial charge in [-0.15, -0.1) is 10.2 Å². The lowest BCUT2D eigenvalue weighted by Crippen LogP contribution is -2.21. The second-order valence-corrected chi connectivity index (χ2v) is 5.61. The molecule has 1 aromatic heterocycles. The molecule has 1 N–H and O–H groups in total. The standard InChI is InChI=1S/C13H25N3O/c1-8(2)12(9(3)4)13-15-14-11(7-17)16(13)10(5)6/h8-10,12,17H,7H2,1-6H3. The van der Waals surface area contributed by atoms with Crippen molar-refractivity contribution in [3.05, 3.63) is 11.6 Å². The predicted molar refractivity (Wildman–Crippen MR) is 68.7 cm³/mol. The zero-order valence-electron chi connectivity index (χ0n) is 11.8. The van der Waals surface area contributed by atoms with Crippen LogP contribution in [0.25, 0.3) is 0 Å². The zero-order valence-corrected chi connectivity index (χ0v) is 11.8. The van der Waals surface area contributed by atoms with Crippen molar-refractivity contribution >= 4 is 0 Å². The molecule has 17 heavy (non-hydrogen) atoms. The van der Waals surface area contributed by atoms with E-state index in [-0.39, 0.29) is 12.6 Å². The lowest BCUT2D eigenvalue weighted by molar-refractivity contribution is 0.259. The number of aliphatic hydroxyl groups excluding tert-OH is 1. The van der Waals surface area contributed by atoms with E-state index >= 15 is 0 Å². The Balaban J connectivity index is 3.24. The van der Waals surface area contributed by atoms with E-state index in [1.54, 1.807) is 0 Å². The van der Waals surface area contributed by atoms with E-state index in [1.165, 1.54) is 0 Å². The minimum atomic E-state index is -0.0475. The normalized spacial score (nSPS) is 12.4. The molecule has 1 rings (SSSR count). The van der Waals surface area contributed by atoms with Crippen LogP contribution in [0.15, 0.2) is 0 Å². The average Bonchev–Trinajstić information content (AvgIpc) is 2.60. The van der Waals surface area contributed by atoms with Crippen molar-refractivity contribution in [1.82, 2.24) is 14.8 Å². The van der Waals surface area contributed by atoms with E-state index in [0.717, 1.165) is 5.82 Å². The van der Waals surface area contributed by atoms with Gasteiger partial charge >= 0.3 is 0 Å². The average molecular weight is 239 g/mol. The van der Waals surface area contributed by atoms with Crippen LogP contribution in [0.4, 0.5) is 0 Å². The fourth-order valence-corrected chi connectivity index (χ4v) is 2.60. The Morgan fingerprint density at radius 3 is 1.88 bits per heavy atom. The molecule has 98 valence electrons. The molecule has 1 aromatic rings. The van der Waals surface area contributed by atoms with Crippen LogP contribution in [0.1, 0.15) is 65.2 Å². The third-order valence-corrected chi connectivity index (χ3v) is 3.19. The molecule has 1 heterocycles. The maximum Gasteiger partial charge on any atom is 0.159 e. The Labute approximate surface area is 104 Å². The first-order chi connectivity index (χ1) is 7.90. The maximum atomic E-state index is 9.32. The molecule has 0 aromatic carbocycles. The second-order valence-electron chi connectivity index (χ2n) is 5.61. The minimum absolute atomic E-state index is 0.0475. The van der Waals surface area contributed by atoms with E-state index in [4.69, 9.17) is 0 Å². The van der Waals surface area contributed by atoms with Crippen LogP contribution < -0.4 is 0 Å². The summed E-state index contributed by atoms with van der Waals surface area (Å²) in [4.78, 5) is 0. The van der Waals surface area contributed by atoms with Gasteiger partial charge in [-0.05, 0) is 25.7 Å². The van der Waals surface area contributed by atoms with Crippen LogP contribution in [0, 0.1) is 11.8 Å². The summed E-state index contributed by atoms with van der Waals surface area (Å²) in [5.74, 6) is 3.09. The van der Waals surface area contributed by atoms with Crippen molar-refractivity contribution in [2.45, 2.75) is 60.1 Å². The molecular formula is C13H25N3O. The number of hydrogen-bond donors (Lipinski definition) is 1. The van der Waals surface area contributed by atoms with Gasteiger partial charge in [-0.1, -0.05) is 27.7 Å². The molecule has 4 heteroatoms. The Bertz CT molecular complexity index is 348. The van der Waals surface area contributed by atoms with Gasteiger partial charge in [0.1, 0.15) is 12.4 Å². The molecule has 0 saturated carbocycles. The van der Waals surface area contributed by atoms with Gasteiger partial charge in [-0.3, -0.25) is 0 Å². The van der Waals surface area contributed by atoms with Gasteiger partial charge in [0.05, 0.1) is 0 Å². The zero-order chi connectivity index (χ0) is 13.2. The van der Waals surface area contributed by atoms with E-state index in [2.05, 4.69) is 56.3 Å². The third-order valence-electron chi connectivity index (χ3n) is 3.19. The second kappa shape index (κ2) is 5.63. The first-order valence-corrected chi connectivity index (χ1v) is 6.44. The molecule has 0 saturated heterocycles. The summed E-state index contributed by atoms with van der Waals surface area (Å²) in [7, 11) is 0. The van der Waals surface area contributed by atoms with Gasteiger partial charge in [0, 0.05) is 12.0 Å². The van der Waals surface area contributed by atoms with Crippen LogP contribution >= 0.6 is 0 Å². The number of nitrogens with zero attached hydrogens (tertiary/aromatic N) is 3. The van der Waals surface area contributed by atoms with Gasteiger partial charge in [0.15, 0.2) is 5.82 Å². The SMILES string of the molecule is CC(C)C(c1nnc(CO)n1C(C)C)C(C)C. The summed E-state index contributed by atoms with van der Waals surface area (Å²) in [5, 5.41) is 17.7. The lowest BCUT2D eigenvalue weighted by Gasteiger charge is -2.26. The van der Waals surface area contributed by atoms with Gasteiger partial charge < -0.3 is 9.67 Å². The van der Waals surface area contributed by atoms with Crippen molar-refractivity contribution in [1.29, 1.82) is 0 Å². The van der Waals surface area contributed by atoms with E-state index in [9.17, 15) is 5.11 Å². The summed E-state index contributed by atoms with van der Waals surface area (Å²) in [6.45, 7) is 13.0. The van der Waals surface area contributed by atoms with Crippen LogP contribution in [-0.2, 0) is 6.61 Å². The summed E-state index contributed by atoms with van der Waals surface area (Å²) in [5.41, 5.74) is 0. The monoisotopic (exact) mass is 239 g/mol. The summed E-state index contributed by atoms with van der Waals surface area (Å²) in [6, 6.07) is 0.280. The predicted octanol–water partition coefficient (Wildman–Crippen LogP) is 2.75. The Morgan fingerprint density at radius 1 is 1.00 bits per heavy atom. The highest BCUT2D eigenvalue weighted by atomic mass is 16.3. The van der Waals surface area contributed by atoms with Gasteiger partial charge in [0.2, 0.25) is 0 Å². The fourth-order valence-electron chi connectivity index (χ4n) is 2.60. The van der Waals surface area contributed by atoms with Crippen molar-refractivity contribution in [3.63, 3.8) is 0 Å². The molecule has 0 amide bonds. The minimum Gasteiger partial charge on any atom is -0.388 e. The molecule has 4 nitrogen and oxygen atoms in total. The van der Waals surface area contributed by atoms with E-state index < -0.39 is 0 Å². The molecule has 0 unspecified atom stereocenters. The quantitative estimate of drug-likeness (QED) is 0.859. The highest BCUT2D eigenvalue weighted by Crippen LogP contribution is 2.32. The first kappa shape index (κ1) is 14.2. The molecule has 0 aliphatic carbocycles. The highest BCUT2D eigenvalue weighted by Gasteiger charge is 2.27. The molecule has 0 aliphatic rings. The summed E-state index contributed by atoms with van der Waals surface area (Å²) in [6.07, 6.45) is 0. The van der Waals surface area contributed by atoms with Crippen molar-refractivity contribution in [2.75, 3.05) is 0 Å². The largest absolute Gasteiger partial charge is 0.388 e. The smallest absolute Gasteiger partial charge is 0.159 e. The molecule has 0 atom stereocenters. The Morgan fingerprint density at radius 2 is 1.53 bits per heavy atom. The number of hydrogen-bond acceptors (Lipinski definition) is 3. The van der Waals surface area contributed by atoms with Crippen molar-refractivity contribution in [3.8, 4) is 0 Å². The molecular weight excluding hydrogens is 214 g/mol. The molecule has 0 spiro atoms. The van der Waals surface area contributed by atoms with E-state index in [0.29, 0.717) is 23.6 Å². The summed E-state index contributed by atoms with van der Waals surface area (Å²) >= 11 is 0. The first-order valence-electron chi connectivity index (χ1n) is 6.44. The number of aromatic nitrogens is 3. The van der Waals surface area contributed by atoms with Gasteiger partial charge in [-0.25, -0.2) is 0 Å². The third kappa shape index (κ3) is 2.86. The molecule has 0 bridgehead atoms. The Kier molecular flexibility index (Phi) is 4.69. The van der Waals surface area contributed by atoms with E-state index in [1.807, 2.05) is 0 Å². The highest BCUT2D eigenvalue weighted by molar-refractivity contribution is 5.05. The number of aliphatic hydroxyl groups is 1. The maximum absolute atomic E-state index is 9.32. The van der Waals surface area contributed by atoms with Crippen molar-refractivity contribution in [2.24, 2.45) is 11.8 Å². The lowest BCUT2D eigenvalue weighted by atomic mass is 9.84. The van der Waals surface area contributed by atoms with Crippen LogP contribution in [0.5, 0.6) is 0 Å². The fraction of sp³-hybridized carbons (Fsp3) is 0.846. The van der Waals surface area contributed by atoms with Gasteiger partial charge in [0.25, 0.3) is 0 Å². The number of rotatable bonds is 5. The Hall–Kier alpha value is -0.900. The van der Waals surface area contributed by atoms with Crippen LogP contribution in [-0.4, -0.2) is 19.9 Å². The summed E-state index contributed by atoms with van der Waals surface area (Å²) < 4.78 is 2.07. The molecule has 0 radical (unpaired) electrons. The van der Waals surface area contributed by atoms with Crippen molar-refractivity contribution < 1.29 is 5.11 Å². The molecule has 0 fully saturated rings. The molecule has 0 aliphatic heterocycles. The van der Waals surface area contributed by atoms with Crippen LogP contribution in [0.3, 0.4) is 0 Å².